The number of nitrogens with one attached hydrogen (secondary N) is 3. The summed E-state index contributed by atoms with van der Waals surface area (Å²) in [5.41, 5.74) is 2.80. The Balaban J connectivity index is 1.76. The van der Waals surface area contributed by atoms with Gasteiger partial charge in [0, 0.05) is 5.69 Å². The van der Waals surface area contributed by atoms with Crippen molar-refractivity contribution >= 4 is 17.5 Å². The molecule has 0 saturated heterocycles. The molecule has 2 rings (SSSR count). The molecule has 0 bridgehead atoms. The van der Waals surface area contributed by atoms with Gasteiger partial charge in [0.2, 0.25) is 5.91 Å². The monoisotopic (exact) mass is 344 g/mol. The lowest BCUT2D eigenvalue weighted by Crippen LogP contribution is -3.08. The van der Waals surface area contributed by atoms with Crippen LogP contribution in [0, 0.1) is 20.8 Å². The summed E-state index contributed by atoms with van der Waals surface area (Å²) < 4.78 is 5.51. The Morgan fingerprint density at radius 2 is 1.72 bits per heavy atom. The van der Waals surface area contributed by atoms with E-state index < -0.39 is 0 Å². The van der Waals surface area contributed by atoms with Crippen molar-refractivity contribution in [3.05, 3.63) is 53.0 Å². The fourth-order valence-corrected chi connectivity index (χ4v) is 2.65. The lowest BCUT2D eigenvalue weighted by Gasteiger charge is -2.14. The van der Waals surface area contributed by atoms with Crippen LogP contribution >= 0.6 is 0 Å². The van der Waals surface area contributed by atoms with E-state index >= 15 is 0 Å². The summed E-state index contributed by atoms with van der Waals surface area (Å²) in [5.74, 6) is 1.30. The molecule has 0 aliphatic heterocycles. The lowest BCUT2D eigenvalue weighted by molar-refractivity contribution is -0.886. The number of carbonyl (C=O) groups is 2. The molecule has 1 aromatic carbocycles. The highest BCUT2D eigenvalue weighted by Gasteiger charge is 2.14. The Bertz CT molecular complexity index is 732. The highest BCUT2D eigenvalue weighted by Crippen LogP contribution is 2.18. The third kappa shape index (κ3) is 5.76. The van der Waals surface area contributed by atoms with Crippen molar-refractivity contribution in [2.45, 2.75) is 27.3 Å². The number of furan rings is 1. The summed E-state index contributed by atoms with van der Waals surface area (Å²) in [5, 5.41) is 5.52. The predicted molar refractivity (Wildman–Crippen MR) is 96.5 cm³/mol. The van der Waals surface area contributed by atoms with Gasteiger partial charge in [-0.05, 0) is 44.0 Å². The number of amides is 2. The molecule has 1 unspecified atom stereocenters. The Morgan fingerprint density at radius 1 is 1.04 bits per heavy atom. The van der Waals surface area contributed by atoms with Crippen LogP contribution in [0.5, 0.6) is 0 Å². The quantitative estimate of drug-likeness (QED) is 0.701. The van der Waals surface area contributed by atoms with Gasteiger partial charge < -0.3 is 20.0 Å². The van der Waals surface area contributed by atoms with Crippen LogP contribution in [0.25, 0.3) is 0 Å². The molecule has 25 heavy (non-hydrogen) atoms. The van der Waals surface area contributed by atoms with Crippen LogP contribution in [0.1, 0.15) is 22.6 Å². The van der Waals surface area contributed by atoms with E-state index in [-0.39, 0.29) is 24.9 Å². The zero-order valence-electron chi connectivity index (χ0n) is 15.2. The van der Waals surface area contributed by atoms with E-state index in [1.807, 2.05) is 58.2 Å². The number of para-hydroxylation sites is 1. The first kappa shape index (κ1) is 18.7. The maximum atomic E-state index is 12.1. The second-order valence-corrected chi connectivity index (χ2v) is 6.41. The number of likely N-dealkylation sites (N-methyl/N-ethyl adjacent to an activating group) is 1. The molecule has 2 aromatic rings. The van der Waals surface area contributed by atoms with Gasteiger partial charge in [-0.2, -0.15) is 0 Å². The fraction of sp³-hybridized carbons (Fsp3) is 0.368. The Hall–Kier alpha value is -2.60. The Morgan fingerprint density at radius 3 is 2.32 bits per heavy atom. The molecular weight excluding hydrogens is 318 g/mol. The second kappa shape index (κ2) is 8.48. The van der Waals surface area contributed by atoms with Gasteiger partial charge >= 0.3 is 0 Å². The zero-order valence-corrected chi connectivity index (χ0v) is 15.2. The first-order valence-electron chi connectivity index (χ1n) is 8.34. The van der Waals surface area contributed by atoms with Gasteiger partial charge in [-0.25, -0.2) is 0 Å². The van der Waals surface area contributed by atoms with Crippen LogP contribution in [0.3, 0.4) is 0 Å². The third-order valence-corrected chi connectivity index (χ3v) is 3.93. The van der Waals surface area contributed by atoms with Crippen LogP contribution < -0.4 is 15.5 Å². The molecule has 6 nitrogen and oxygen atoms in total. The van der Waals surface area contributed by atoms with E-state index in [0.29, 0.717) is 6.54 Å². The molecular formula is C19H26N3O3+. The summed E-state index contributed by atoms with van der Waals surface area (Å²) in [6, 6.07) is 9.64. The zero-order chi connectivity index (χ0) is 18.4. The lowest BCUT2D eigenvalue weighted by atomic mass is 10.1. The van der Waals surface area contributed by atoms with Crippen molar-refractivity contribution in [3.63, 3.8) is 0 Å². The van der Waals surface area contributed by atoms with Crippen LogP contribution in [0.4, 0.5) is 5.69 Å². The SMILES string of the molecule is Cc1ccc(C[NH+](C)CC(=O)NCC(=O)Nc2c(C)cccc2C)o1. The minimum atomic E-state index is -0.231. The first-order valence-corrected chi connectivity index (χ1v) is 8.34. The minimum Gasteiger partial charge on any atom is -0.460 e. The molecule has 0 radical (unpaired) electrons. The van der Waals surface area contributed by atoms with Crippen LogP contribution in [-0.4, -0.2) is 32.0 Å². The smallest absolute Gasteiger partial charge is 0.275 e. The largest absolute Gasteiger partial charge is 0.460 e. The van der Waals surface area contributed by atoms with E-state index in [1.54, 1.807) is 0 Å². The average molecular weight is 344 g/mol. The number of aryl methyl sites for hydroxylation is 3. The average Bonchev–Trinajstić information content (AvgIpc) is 2.94. The van der Waals surface area contributed by atoms with Crippen LogP contribution in [0.15, 0.2) is 34.7 Å². The molecule has 1 heterocycles. The molecule has 1 atom stereocenters. The van der Waals surface area contributed by atoms with E-state index in [9.17, 15) is 9.59 Å². The van der Waals surface area contributed by atoms with E-state index in [1.165, 1.54) is 0 Å². The first-order chi connectivity index (χ1) is 11.8. The Kier molecular flexibility index (Phi) is 6.36. The maximum Gasteiger partial charge on any atom is 0.275 e. The molecule has 0 spiro atoms. The van der Waals surface area contributed by atoms with Crippen LogP contribution in [-0.2, 0) is 16.1 Å². The van der Waals surface area contributed by atoms with Gasteiger partial charge in [0.1, 0.15) is 12.3 Å². The van der Waals surface area contributed by atoms with Gasteiger partial charge in [-0.3, -0.25) is 9.59 Å². The predicted octanol–water partition coefficient (Wildman–Crippen LogP) is 0.974. The number of quaternary nitrogens is 1. The highest BCUT2D eigenvalue weighted by molar-refractivity contribution is 5.95. The normalized spacial score (nSPS) is 11.8. The second-order valence-electron chi connectivity index (χ2n) is 6.41. The van der Waals surface area contributed by atoms with Crippen molar-refractivity contribution in [1.29, 1.82) is 0 Å². The highest BCUT2D eigenvalue weighted by atomic mass is 16.3. The molecule has 134 valence electrons. The van der Waals surface area contributed by atoms with Gasteiger partial charge in [0.15, 0.2) is 12.3 Å². The molecule has 2 amide bonds. The van der Waals surface area contributed by atoms with Crippen LogP contribution in [0.2, 0.25) is 0 Å². The molecule has 3 N–H and O–H groups in total. The van der Waals surface area contributed by atoms with Crippen molar-refractivity contribution < 1.29 is 18.9 Å². The van der Waals surface area contributed by atoms with Gasteiger partial charge in [0.05, 0.1) is 13.6 Å². The number of rotatable bonds is 7. The topological polar surface area (TPSA) is 75.8 Å². The van der Waals surface area contributed by atoms with Crippen molar-refractivity contribution in [1.82, 2.24) is 5.32 Å². The van der Waals surface area contributed by atoms with Crippen molar-refractivity contribution in [3.8, 4) is 0 Å². The number of carbonyl (C=O) groups excluding carboxylic acids is 2. The van der Waals surface area contributed by atoms with Gasteiger partial charge in [-0.15, -0.1) is 0 Å². The van der Waals surface area contributed by atoms with Crippen molar-refractivity contribution in [2.75, 3.05) is 25.5 Å². The Labute approximate surface area is 148 Å². The molecule has 0 saturated carbocycles. The molecule has 0 fully saturated rings. The number of benzene rings is 1. The minimum absolute atomic E-state index is 0.0419. The molecule has 1 aromatic heterocycles. The molecule has 0 aliphatic carbocycles. The summed E-state index contributed by atoms with van der Waals surface area (Å²) in [4.78, 5) is 25.0. The van der Waals surface area contributed by atoms with E-state index in [2.05, 4.69) is 10.6 Å². The summed E-state index contributed by atoms with van der Waals surface area (Å²) in [6.45, 7) is 6.62. The summed E-state index contributed by atoms with van der Waals surface area (Å²) >= 11 is 0. The van der Waals surface area contributed by atoms with Gasteiger partial charge in [-0.1, -0.05) is 18.2 Å². The summed E-state index contributed by atoms with van der Waals surface area (Å²) in [7, 11) is 1.91. The fourth-order valence-electron chi connectivity index (χ4n) is 2.65. The van der Waals surface area contributed by atoms with Crippen molar-refractivity contribution in [2.24, 2.45) is 0 Å². The molecule has 0 aliphatic rings. The van der Waals surface area contributed by atoms with Gasteiger partial charge in [0.25, 0.3) is 5.91 Å². The number of hydrogen-bond acceptors (Lipinski definition) is 3. The standard InChI is InChI=1S/C19H25N3O3/c1-13-6-5-7-14(2)19(13)21-17(23)10-20-18(24)12-22(4)11-16-9-8-15(3)25-16/h5-9H,10-12H2,1-4H3,(H,20,24)(H,21,23)/p+1. The molecule has 6 heteroatoms. The maximum absolute atomic E-state index is 12.1. The van der Waals surface area contributed by atoms with E-state index in [4.69, 9.17) is 4.42 Å². The summed E-state index contributed by atoms with van der Waals surface area (Å²) in [6.07, 6.45) is 0. The van der Waals surface area contributed by atoms with E-state index in [0.717, 1.165) is 33.2 Å². The number of anilines is 1. The third-order valence-electron chi connectivity index (χ3n) is 3.93. The number of hydrogen-bond donors (Lipinski definition) is 3.